The van der Waals surface area contributed by atoms with E-state index in [2.05, 4.69) is 54.8 Å². The molecule has 0 amide bonds. The summed E-state index contributed by atoms with van der Waals surface area (Å²) in [5.74, 6) is 5.06. The molecule has 2 saturated heterocycles. The third-order valence-electron chi connectivity index (χ3n) is 9.51. The highest BCUT2D eigenvalue weighted by molar-refractivity contribution is 8.00. The third-order valence-corrected chi connectivity index (χ3v) is 11.3. The standard InChI is InChI=1S/C26H37NS/c1-3-27-21-14-15-23-25-19(18-6-4-5-7-22(18)28-23)12-13-20(24(21)25)26(27)17-10-8-16(2)9-11-17/h8-11,18-26H,3-7,12-15H2,1-2H3. The van der Waals surface area contributed by atoms with Crippen molar-refractivity contribution in [3.05, 3.63) is 35.4 Å². The molecule has 0 aromatic heterocycles. The second-order valence-corrected chi connectivity index (χ2v) is 12.0. The summed E-state index contributed by atoms with van der Waals surface area (Å²) >= 11 is 2.48. The van der Waals surface area contributed by atoms with Crippen LogP contribution in [-0.4, -0.2) is 28.0 Å². The van der Waals surface area contributed by atoms with E-state index in [0.717, 1.165) is 46.1 Å². The number of fused-ring (bicyclic) bond motifs is 2. The van der Waals surface area contributed by atoms with Gasteiger partial charge in [0.25, 0.3) is 0 Å². The summed E-state index contributed by atoms with van der Waals surface area (Å²) in [6.45, 7) is 5.89. The van der Waals surface area contributed by atoms with Gasteiger partial charge in [-0.15, -0.1) is 0 Å². The summed E-state index contributed by atoms with van der Waals surface area (Å²) < 4.78 is 0. The van der Waals surface area contributed by atoms with E-state index in [1.165, 1.54) is 57.1 Å². The van der Waals surface area contributed by atoms with Crippen molar-refractivity contribution in [3.8, 4) is 0 Å². The second kappa shape index (κ2) is 7.05. The molecule has 5 fully saturated rings. The van der Waals surface area contributed by atoms with Crippen molar-refractivity contribution in [2.45, 2.75) is 87.8 Å². The summed E-state index contributed by atoms with van der Waals surface area (Å²) in [5.41, 5.74) is 3.01. The zero-order valence-electron chi connectivity index (χ0n) is 17.7. The normalized spacial score (nSPS) is 47.4. The van der Waals surface area contributed by atoms with Crippen molar-refractivity contribution in [2.24, 2.45) is 29.6 Å². The predicted octanol–water partition coefficient (Wildman–Crippen LogP) is 6.47. The molecule has 2 heteroatoms. The number of nitrogens with zero attached hydrogens (tertiary/aromatic N) is 1. The van der Waals surface area contributed by atoms with Crippen molar-refractivity contribution in [1.82, 2.24) is 4.90 Å². The monoisotopic (exact) mass is 395 g/mol. The Morgan fingerprint density at radius 1 is 0.821 bits per heavy atom. The first-order chi connectivity index (χ1) is 13.8. The lowest BCUT2D eigenvalue weighted by Gasteiger charge is -2.58. The number of benzene rings is 1. The maximum Gasteiger partial charge on any atom is 0.0382 e. The van der Waals surface area contributed by atoms with Crippen molar-refractivity contribution >= 4 is 11.8 Å². The maximum atomic E-state index is 2.95. The van der Waals surface area contributed by atoms with E-state index in [0.29, 0.717) is 6.04 Å². The molecule has 0 radical (unpaired) electrons. The average molecular weight is 396 g/mol. The number of rotatable bonds is 2. The van der Waals surface area contributed by atoms with Crippen LogP contribution in [0.2, 0.25) is 0 Å². The minimum Gasteiger partial charge on any atom is -0.293 e. The van der Waals surface area contributed by atoms with E-state index in [4.69, 9.17) is 0 Å². The molecule has 152 valence electrons. The first-order valence-electron chi connectivity index (χ1n) is 12.2. The van der Waals surface area contributed by atoms with Crippen molar-refractivity contribution in [2.75, 3.05) is 6.54 Å². The van der Waals surface area contributed by atoms with Crippen LogP contribution in [0.15, 0.2) is 24.3 Å². The van der Waals surface area contributed by atoms with Gasteiger partial charge in [0.2, 0.25) is 0 Å². The van der Waals surface area contributed by atoms with Crippen LogP contribution < -0.4 is 0 Å². The molecular formula is C26H37NS. The summed E-state index contributed by atoms with van der Waals surface area (Å²) in [4.78, 5) is 2.95. The van der Waals surface area contributed by atoms with Gasteiger partial charge < -0.3 is 0 Å². The van der Waals surface area contributed by atoms with Crippen LogP contribution in [0, 0.1) is 36.5 Å². The minimum absolute atomic E-state index is 0.689. The SMILES string of the molecule is CCN1C2CCC3SC4CCCCC4C4CCC(C2C34)C1c1ccc(C)cc1. The molecule has 3 aliphatic carbocycles. The first-order valence-corrected chi connectivity index (χ1v) is 13.2. The average Bonchev–Trinajstić information content (AvgIpc) is 3.07. The Kier molecular flexibility index (Phi) is 4.61. The zero-order chi connectivity index (χ0) is 18.8. The van der Waals surface area contributed by atoms with E-state index in [-0.39, 0.29) is 0 Å². The zero-order valence-corrected chi connectivity index (χ0v) is 18.5. The van der Waals surface area contributed by atoms with Crippen LogP contribution in [0.5, 0.6) is 0 Å². The molecule has 9 unspecified atom stereocenters. The molecule has 9 atom stereocenters. The van der Waals surface area contributed by atoms with Gasteiger partial charge in [0.15, 0.2) is 0 Å². The van der Waals surface area contributed by atoms with Crippen LogP contribution in [0.1, 0.15) is 75.5 Å². The summed E-state index contributed by atoms with van der Waals surface area (Å²) in [6.07, 6.45) is 12.1. The van der Waals surface area contributed by atoms with Gasteiger partial charge in [0.1, 0.15) is 0 Å². The van der Waals surface area contributed by atoms with Crippen LogP contribution in [0.3, 0.4) is 0 Å². The van der Waals surface area contributed by atoms with Gasteiger partial charge in [-0.3, -0.25) is 4.90 Å². The van der Waals surface area contributed by atoms with E-state index in [1.54, 1.807) is 12.0 Å². The number of likely N-dealkylation sites (tertiary alicyclic amines) is 1. The van der Waals surface area contributed by atoms with Crippen LogP contribution >= 0.6 is 11.8 Å². The lowest BCUT2D eigenvalue weighted by molar-refractivity contribution is 0.0123. The van der Waals surface area contributed by atoms with Crippen LogP contribution in [0.4, 0.5) is 0 Å². The molecule has 28 heavy (non-hydrogen) atoms. The third kappa shape index (κ3) is 2.62. The van der Waals surface area contributed by atoms with E-state index < -0.39 is 0 Å². The lowest BCUT2D eigenvalue weighted by Crippen LogP contribution is -2.55. The van der Waals surface area contributed by atoms with E-state index >= 15 is 0 Å². The Hall–Kier alpha value is -0.470. The molecular weight excluding hydrogens is 358 g/mol. The molecule has 0 spiro atoms. The number of hydrogen-bond donors (Lipinski definition) is 0. The van der Waals surface area contributed by atoms with Gasteiger partial charge in [-0.2, -0.15) is 11.8 Å². The minimum atomic E-state index is 0.689. The Morgan fingerprint density at radius 2 is 1.61 bits per heavy atom. The summed E-state index contributed by atoms with van der Waals surface area (Å²) in [7, 11) is 0. The predicted molar refractivity (Wildman–Crippen MR) is 120 cm³/mol. The fraction of sp³-hybridized carbons (Fsp3) is 0.769. The molecule has 1 nitrogen and oxygen atoms in total. The smallest absolute Gasteiger partial charge is 0.0382 e. The van der Waals surface area contributed by atoms with Gasteiger partial charge in [-0.05, 0) is 87.1 Å². The Bertz CT molecular complexity index is 714. The molecule has 5 aliphatic rings. The maximum absolute atomic E-state index is 2.95. The highest BCUT2D eigenvalue weighted by Crippen LogP contribution is 2.65. The largest absolute Gasteiger partial charge is 0.293 e. The number of thioether (sulfide) groups is 1. The molecule has 2 aliphatic heterocycles. The lowest BCUT2D eigenvalue weighted by atomic mass is 9.55. The van der Waals surface area contributed by atoms with Gasteiger partial charge in [-0.25, -0.2) is 0 Å². The summed E-state index contributed by atoms with van der Waals surface area (Å²) in [5, 5.41) is 2.01. The first kappa shape index (κ1) is 18.3. The highest BCUT2D eigenvalue weighted by atomic mass is 32.2. The van der Waals surface area contributed by atoms with Crippen molar-refractivity contribution in [3.63, 3.8) is 0 Å². The second-order valence-electron chi connectivity index (χ2n) is 10.6. The molecule has 2 heterocycles. The highest BCUT2D eigenvalue weighted by Gasteiger charge is 2.61. The summed E-state index contributed by atoms with van der Waals surface area (Å²) in [6, 6.07) is 11.2. The van der Waals surface area contributed by atoms with Gasteiger partial charge in [0, 0.05) is 22.6 Å². The van der Waals surface area contributed by atoms with E-state index in [1.807, 2.05) is 0 Å². The molecule has 1 aromatic carbocycles. The van der Waals surface area contributed by atoms with Gasteiger partial charge in [-0.1, -0.05) is 49.6 Å². The van der Waals surface area contributed by atoms with Crippen LogP contribution in [0.25, 0.3) is 0 Å². The van der Waals surface area contributed by atoms with Crippen LogP contribution in [-0.2, 0) is 0 Å². The molecule has 0 bridgehead atoms. The topological polar surface area (TPSA) is 3.24 Å². The van der Waals surface area contributed by atoms with E-state index in [9.17, 15) is 0 Å². The molecule has 6 rings (SSSR count). The number of aryl methyl sites for hydroxylation is 1. The molecule has 0 N–H and O–H groups in total. The van der Waals surface area contributed by atoms with Crippen molar-refractivity contribution < 1.29 is 0 Å². The molecule has 1 aromatic rings. The fourth-order valence-electron chi connectivity index (χ4n) is 8.63. The number of hydrogen-bond acceptors (Lipinski definition) is 2. The Balaban J connectivity index is 1.37. The Labute approximate surface area is 176 Å². The van der Waals surface area contributed by atoms with Gasteiger partial charge in [0.05, 0.1) is 0 Å². The van der Waals surface area contributed by atoms with Gasteiger partial charge >= 0.3 is 0 Å². The van der Waals surface area contributed by atoms with Crippen molar-refractivity contribution in [1.29, 1.82) is 0 Å². The Morgan fingerprint density at radius 3 is 2.43 bits per heavy atom. The molecule has 3 saturated carbocycles. The fourth-order valence-corrected chi connectivity index (χ4v) is 10.8. The quantitative estimate of drug-likeness (QED) is 0.565.